The summed E-state index contributed by atoms with van der Waals surface area (Å²) in [6.07, 6.45) is 0. The summed E-state index contributed by atoms with van der Waals surface area (Å²) in [5.41, 5.74) is 0. The lowest BCUT2D eigenvalue weighted by Gasteiger charge is -2.05. The van der Waals surface area contributed by atoms with Gasteiger partial charge in [0.2, 0.25) is 5.82 Å². The maximum atomic E-state index is 12.7. The Hall–Kier alpha value is -1.29. The van der Waals surface area contributed by atoms with Gasteiger partial charge in [-0.1, -0.05) is 4.39 Å². The lowest BCUT2D eigenvalue weighted by Crippen LogP contribution is -2.12. The van der Waals surface area contributed by atoms with Crippen LogP contribution in [-0.2, 0) is 14.5 Å². The minimum absolute atomic E-state index is 2.17. The van der Waals surface area contributed by atoms with Crippen molar-refractivity contribution in [2.45, 2.75) is 4.90 Å². The molecule has 0 radical (unpaired) electrons. The standard InChI is InChI=1S/C6F6O3S/c7-1-2(8)4(10)6(5(11)3(1)9)16(13,14)15-12. The Morgan fingerprint density at radius 1 is 0.750 bits per heavy atom. The summed E-state index contributed by atoms with van der Waals surface area (Å²) in [4.78, 5) is -2.38. The van der Waals surface area contributed by atoms with Crippen molar-refractivity contribution in [3.63, 3.8) is 0 Å². The van der Waals surface area contributed by atoms with Gasteiger partial charge in [-0.25, -0.2) is 22.0 Å². The zero-order valence-corrected chi connectivity index (χ0v) is 7.72. The van der Waals surface area contributed by atoms with Crippen LogP contribution in [-0.4, -0.2) is 8.42 Å². The Morgan fingerprint density at radius 3 is 1.38 bits per heavy atom. The second-order valence-corrected chi connectivity index (χ2v) is 3.86. The van der Waals surface area contributed by atoms with Crippen LogP contribution >= 0.6 is 0 Å². The molecule has 0 amide bonds. The van der Waals surface area contributed by atoms with Crippen molar-refractivity contribution < 1.29 is 39.3 Å². The molecule has 90 valence electrons. The summed E-state index contributed by atoms with van der Waals surface area (Å²) in [7, 11) is -5.68. The molecular formula is C6F6O3S. The molecule has 0 aliphatic rings. The van der Waals surface area contributed by atoms with Crippen LogP contribution in [0.25, 0.3) is 0 Å². The van der Waals surface area contributed by atoms with E-state index in [1.165, 1.54) is 0 Å². The Kier molecular flexibility index (Phi) is 3.15. The molecule has 0 saturated carbocycles. The summed E-state index contributed by atoms with van der Waals surface area (Å²) < 4.78 is 97.5. The van der Waals surface area contributed by atoms with Gasteiger partial charge in [-0.15, -0.1) is 0 Å². The van der Waals surface area contributed by atoms with Gasteiger partial charge in [0, 0.05) is 0 Å². The summed E-state index contributed by atoms with van der Waals surface area (Å²) in [5.74, 6) is -13.0. The highest BCUT2D eigenvalue weighted by Gasteiger charge is 2.34. The summed E-state index contributed by atoms with van der Waals surface area (Å²) in [6.45, 7) is 0. The Morgan fingerprint density at radius 2 is 1.06 bits per heavy atom. The average molecular weight is 266 g/mol. The molecule has 3 nitrogen and oxygen atoms in total. The minimum Gasteiger partial charge on any atom is -0.202 e. The molecule has 0 aromatic heterocycles. The first-order valence-electron chi connectivity index (χ1n) is 3.30. The predicted molar refractivity (Wildman–Crippen MR) is 35.6 cm³/mol. The summed E-state index contributed by atoms with van der Waals surface area (Å²) in [6, 6.07) is 0. The van der Waals surface area contributed by atoms with Gasteiger partial charge in [0.1, 0.15) is 0 Å². The summed E-state index contributed by atoms with van der Waals surface area (Å²) in [5, 5.41) is 0. The fourth-order valence-electron chi connectivity index (χ4n) is 0.836. The van der Waals surface area contributed by atoms with E-state index >= 15 is 0 Å². The topological polar surface area (TPSA) is 43.4 Å². The van der Waals surface area contributed by atoms with Crippen molar-refractivity contribution in [2.75, 3.05) is 0 Å². The van der Waals surface area contributed by atoms with Gasteiger partial charge >= 0.3 is 10.1 Å². The van der Waals surface area contributed by atoms with Gasteiger partial charge in [0.25, 0.3) is 0 Å². The molecule has 0 atom stereocenters. The van der Waals surface area contributed by atoms with Gasteiger partial charge in [-0.05, 0) is 4.53 Å². The van der Waals surface area contributed by atoms with Crippen LogP contribution in [0.5, 0.6) is 0 Å². The van der Waals surface area contributed by atoms with E-state index in [0.29, 0.717) is 0 Å². The third-order valence-corrected chi connectivity index (χ3v) is 2.53. The van der Waals surface area contributed by atoms with Crippen molar-refractivity contribution in [3.8, 4) is 0 Å². The van der Waals surface area contributed by atoms with Gasteiger partial charge in [0.15, 0.2) is 28.2 Å². The molecule has 0 heterocycles. The Bertz CT molecular complexity index is 511. The Labute approximate surface area is 84.3 Å². The molecular weight excluding hydrogens is 266 g/mol. The van der Waals surface area contributed by atoms with Gasteiger partial charge in [-0.3, -0.25) is 0 Å². The zero-order chi connectivity index (χ0) is 12.7. The van der Waals surface area contributed by atoms with Crippen LogP contribution in [0.3, 0.4) is 0 Å². The third kappa shape index (κ3) is 1.73. The van der Waals surface area contributed by atoms with Crippen molar-refractivity contribution in [3.05, 3.63) is 29.1 Å². The van der Waals surface area contributed by atoms with Crippen LogP contribution in [0.15, 0.2) is 4.90 Å². The highest BCUT2D eigenvalue weighted by molar-refractivity contribution is 7.86. The quantitative estimate of drug-likeness (QED) is 0.467. The lowest BCUT2D eigenvalue weighted by molar-refractivity contribution is 0.00196. The number of hydrogen-bond donors (Lipinski definition) is 0. The van der Waals surface area contributed by atoms with E-state index in [1.807, 2.05) is 0 Å². The average Bonchev–Trinajstić information content (AvgIpc) is 2.23. The Balaban J connectivity index is 3.79. The highest BCUT2D eigenvalue weighted by atomic mass is 32.2. The summed E-state index contributed by atoms with van der Waals surface area (Å²) >= 11 is 0. The smallest absolute Gasteiger partial charge is 0.202 e. The van der Waals surface area contributed by atoms with Crippen LogP contribution < -0.4 is 0 Å². The largest absolute Gasteiger partial charge is 0.333 e. The van der Waals surface area contributed by atoms with Crippen LogP contribution in [0.1, 0.15) is 0 Å². The molecule has 1 aromatic rings. The fourth-order valence-corrected chi connectivity index (χ4v) is 1.52. The van der Waals surface area contributed by atoms with E-state index in [0.717, 1.165) is 0 Å². The molecule has 10 heteroatoms. The number of rotatable bonds is 2. The molecule has 0 bridgehead atoms. The molecule has 0 spiro atoms. The molecule has 0 fully saturated rings. The monoisotopic (exact) mass is 266 g/mol. The van der Waals surface area contributed by atoms with Crippen LogP contribution in [0.2, 0.25) is 0 Å². The predicted octanol–water partition coefficient (Wildman–Crippen LogP) is 1.97. The number of halogens is 6. The first-order chi connectivity index (χ1) is 7.24. The number of benzene rings is 1. The molecule has 1 rings (SSSR count). The second kappa shape index (κ2) is 3.94. The molecule has 1 aromatic carbocycles. The van der Waals surface area contributed by atoms with E-state index in [9.17, 15) is 34.9 Å². The van der Waals surface area contributed by atoms with Gasteiger partial charge in [0.05, 0.1) is 0 Å². The zero-order valence-electron chi connectivity index (χ0n) is 6.90. The molecule has 0 saturated heterocycles. The van der Waals surface area contributed by atoms with E-state index < -0.39 is 44.1 Å². The first-order valence-corrected chi connectivity index (χ1v) is 4.71. The normalized spacial score (nSPS) is 11.9. The van der Waals surface area contributed by atoms with Gasteiger partial charge in [-0.2, -0.15) is 8.42 Å². The molecule has 0 aliphatic carbocycles. The van der Waals surface area contributed by atoms with Gasteiger partial charge < -0.3 is 0 Å². The SMILES string of the molecule is O=S(=O)(OF)c1c(F)c(F)c(F)c(F)c1F. The first kappa shape index (κ1) is 12.8. The molecule has 0 aliphatic heterocycles. The van der Waals surface area contributed by atoms with E-state index in [4.69, 9.17) is 0 Å². The lowest BCUT2D eigenvalue weighted by atomic mass is 10.3. The maximum Gasteiger partial charge on any atom is 0.333 e. The molecule has 0 N–H and O–H groups in total. The second-order valence-electron chi connectivity index (χ2n) is 2.42. The van der Waals surface area contributed by atoms with E-state index in [2.05, 4.69) is 4.39 Å². The van der Waals surface area contributed by atoms with Crippen molar-refractivity contribution in [2.24, 2.45) is 0 Å². The number of hydrogen-bond acceptors (Lipinski definition) is 3. The highest BCUT2D eigenvalue weighted by Crippen LogP contribution is 2.27. The van der Waals surface area contributed by atoms with Crippen LogP contribution in [0.4, 0.5) is 26.5 Å². The molecule has 0 unspecified atom stereocenters. The fraction of sp³-hybridized carbons (Fsp3) is 0. The van der Waals surface area contributed by atoms with Crippen molar-refractivity contribution >= 4 is 10.1 Å². The molecule has 16 heavy (non-hydrogen) atoms. The van der Waals surface area contributed by atoms with E-state index in [-0.39, 0.29) is 0 Å². The van der Waals surface area contributed by atoms with Crippen LogP contribution in [0, 0.1) is 29.1 Å². The maximum absolute atomic E-state index is 12.7. The van der Waals surface area contributed by atoms with E-state index in [1.54, 1.807) is 0 Å². The van der Waals surface area contributed by atoms with Crippen molar-refractivity contribution in [1.82, 2.24) is 0 Å². The minimum atomic E-state index is -5.68. The van der Waals surface area contributed by atoms with Crippen molar-refractivity contribution in [1.29, 1.82) is 0 Å². The third-order valence-electron chi connectivity index (χ3n) is 1.50.